The predicted molar refractivity (Wildman–Crippen MR) is 113 cm³/mol. The number of carbonyl (C=O) groups is 3. The van der Waals surface area contributed by atoms with E-state index in [0.29, 0.717) is 16.4 Å². The Kier molecular flexibility index (Phi) is 4.98. The highest BCUT2D eigenvalue weighted by atomic mass is 32.1. The second-order valence-corrected chi connectivity index (χ2v) is 7.84. The molecule has 0 saturated carbocycles. The SMILES string of the molecule is Cc1ccc(-c2csc(NC(=O)c3cccc(N4C(=O)CCC4=O)c3)n2)c(C)c1. The van der Waals surface area contributed by atoms with Crippen molar-refractivity contribution in [1.29, 1.82) is 0 Å². The molecular weight excluding hydrogens is 386 g/mol. The van der Waals surface area contributed by atoms with Gasteiger partial charge >= 0.3 is 0 Å². The molecule has 0 unspecified atom stereocenters. The van der Waals surface area contributed by atoms with E-state index in [9.17, 15) is 14.4 Å². The molecule has 1 aliphatic heterocycles. The Morgan fingerprint density at radius 3 is 2.55 bits per heavy atom. The number of amides is 3. The second-order valence-electron chi connectivity index (χ2n) is 6.98. The number of rotatable bonds is 4. The van der Waals surface area contributed by atoms with Crippen molar-refractivity contribution < 1.29 is 14.4 Å². The van der Waals surface area contributed by atoms with Crippen LogP contribution >= 0.6 is 11.3 Å². The first-order valence-electron chi connectivity index (χ1n) is 9.23. The lowest BCUT2D eigenvalue weighted by Crippen LogP contribution is -2.28. The number of anilines is 2. The first-order chi connectivity index (χ1) is 13.9. The molecule has 4 rings (SSSR count). The third-order valence-corrected chi connectivity index (χ3v) is 5.56. The first kappa shape index (κ1) is 19.0. The van der Waals surface area contributed by atoms with Crippen LogP contribution in [-0.4, -0.2) is 22.7 Å². The lowest BCUT2D eigenvalue weighted by Gasteiger charge is -2.14. The van der Waals surface area contributed by atoms with Crippen LogP contribution in [-0.2, 0) is 9.59 Å². The summed E-state index contributed by atoms with van der Waals surface area (Å²) in [6.45, 7) is 4.08. The van der Waals surface area contributed by atoms with Crippen LogP contribution in [0.3, 0.4) is 0 Å². The minimum Gasteiger partial charge on any atom is -0.298 e. The van der Waals surface area contributed by atoms with E-state index < -0.39 is 0 Å². The van der Waals surface area contributed by atoms with Gasteiger partial charge in [0, 0.05) is 29.3 Å². The van der Waals surface area contributed by atoms with E-state index in [1.54, 1.807) is 24.3 Å². The molecule has 3 amide bonds. The maximum absolute atomic E-state index is 12.7. The number of hydrogen-bond donors (Lipinski definition) is 1. The topological polar surface area (TPSA) is 79.4 Å². The molecule has 0 atom stereocenters. The van der Waals surface area contributed by atoms with Gasteiger partial charge in [-0.05, 0) is 37.6 Å². The predicted octanol–water partition coefficient (Wildman–Crippen LogP) is 4.33. The summed E-state index contributed by atoms with van der Waals surface area (Å²) in [5.74, 6) is -0.830. The monoisotopic (exact) mass is 405 g/mol. The number of nitrogens with one attached hydrogen (secondary N) is 1. The third kappa shape index (κ3) is 3.82. The van der Waals surface area contributed by atoms with Crippen molar-refractivity contribution >= 4 is 39.9 Å². The van der Waals surface area contributed by atoms with Crippen LogP contribution in [0.25, 0.3) is 11.3 Å². The minimum absolute atomic E-state index is 0.204. The van der Waals surface area contributed by atoms with Crippen LogP contribution in [0, 0.1) is 13.8 Å². The molecule has 1 aliphatic rings. The molecule has 29 heavy (non-hydrogen) atoms. The minimum atomic E-state index is -0.340. The molecule has 6 nitrogen and oxygen atoms in total. The number of hydrogen-bond acceptors (Lipinski definition) is 5. The lowest BCUT2D eigenvalue weighted by atomic mass is 10.0. The zero-order chi connectivity index (χ0) is 20.5. The van der Waals surface area contributed by atoms with Gasteiger partial charge in [0.1, 0.15) is 0 Å². The fourth-order valence-electron chi connectivity index (χ4n) is 3.38. The first-order valence-corrected chi connectivity index (χ1v) is 10.1. The van der Waals surface area contributed by atoms with Gasteiger partial charge < -0.3 is 0 Å². The van der Waals surface area contributed by atoms with Crippen molar-refractivity contribution in [1.82, 2.24) is 4.98 Å². The summed E-state index contributed by atoms with van der Waals surface area (Å²) in [5.41, 5.74) is 4.93. The summed E-state index contributed by atoms with van der Waals surface area (Å²) in [6.07, 6.45) is 0.408. The molecule has 1 saturated heterocycles. The van der Waals surface area contributed by atoms with Crippen molar-refractivity contribution in [2.45, 2.75) is 26.7 Å². The Balaban J connectivity index is 1.53. The fourth-order valence-corrected chi connectivity index (χ4v) is 4.08. The van der Waals surface area contributed by atoms with Crippen LogP contribution in [0.1, 0.15) is 34.3 Å². The van der Waals surface area contributed by atoms with Gasteiger partial charge in [0.15, 0.2) is 5.13 Å². The molecule has 1 aromatic heterocycles. The smallest absolute Gasteiger partial charge is 0.257 e. The van der Waals surface area contributed by atoms with Crippen LogP contribution in [0.5, 0.6) is 0 Å². The van der Waals surface area contributed by atoms with Crippen LogP contribution < -0.4 is 10.2 Å². The van der Waals surface area contributed by atoms with E-state index in [4.69, 9.17) is 0 Å². The van der Waals surface area contributed by atoms with Gasteiger partial charge in [0.05, 0.1) is 11.4 Å². The van der Waals surface area contributed by atoms with Crippen molar-refractivity contribution in [2.24, 2.45) is 0 Å². The van der Waals surface area contributed by atoms with Gasteiger partial charge in [-0.1, -0.05) is 29.8 Å². The zero-order valence-electron chi connectivity index (χ0n) is 16.1. The number of thiazole rings is 1. The number of carbonyl (C=O) groups excluding carboxylic acids is 3. The van der Waals surface area contributed by atoms with E-state index in [1.165, 1.54) is 16.9 Å². The molecule has 7 heteroatoms. The normalized spacial score (nSPS) is 13.8. The number of nitrogens with zero attached hydrogens (tertiary/aromatic N) is 2. The van der Waals surface area contributed by atoms with Gasteiger partial charge in [-0.3, -0.25) is 24.6 Å². The van der Waals surface area contributed by atoms with Crippen molar-refractivity contribution in [3.8, 4) is 11.3 Å². The number of imide groups is 1. The fraction of sp³-hybridized carbons (Fsp3) is 0.182. The van der Waals surface area contributed by atoms with Crippen LogP contribution in [0.15, 0.2) is 47.8 Å². The summed E-state index contributed by atoms with van der Waals surface area (Å²) in [5, 5.41) is 5.20. The standard InChI is InChI=1S/C22H19N3O3S/c1-13-6-7-17(14(2)10-13)18-12-29-22(23-18)24-21(28)15-4-3-5-16(11-15)25-19(26)8-9-20(25)27/h3-7,10-12H,8-9H2,1-2H3,(H,23,24,28). The largest absolute Gasteiger partial charge is 0.298 e. The molecule has 2 heterocycles. The van der Waals surface area contributed by atoms with E-state index in [1.807, 2.05) is 31.4 Å². The van der Waals surface area contributed by atoms with Gasteiger partial charge in [0.2, 0.25) is 11.8 Å². The van der Waals surface area contributed by atoms with Crippen molar-refractivity contribution in [2.75, 3.05) is 10.2 Å². The van der Waals surface area contributed by atoms with Gasteiger partial charge in [-0.2, -0.15) is 0 Å². The average molecular weight is 405 g/mol. The van der Waals surface area contributed by atoms with E-state index in [-0.39, 0.29) is 30.6 Å². The summed E-state index contributed by atoms with van der Waals surface area (Å²) < 4.78 is 0. The molecule has 146 valence electrons. The Hall–Kier alpha value is -3.32. The second kappa shape index (κ2) is 7.60. The summed E-state index contributed by atoms with van der Waals surface area (Å²) in [4.78, 5) is 42.2. The molecule has 0 bridgehead atoms. The Morgan fingerprint density at radius 1 is 1.07 bits per heavy atom. The molecule has 3 aromatic rings. The number of aromatic nitrogens is 1. The van der Waals surface area contributed by atoms with Crippen molar-refractivity contribution in [3.63, 3.8) is 0 Å². The van der Waals surface area contributed by atoms with Crippen LogP contribution in [0.4, 0.5) is 10.8 Å². The highest BCUT2D eigenvalue weighted by Crippen LogP contribution is 2.29. The quantitative estimate of drug-likeness (QED) is 0.655. The summed E-state index contributed by atoms with van der Waals surface area (Å²) >= 11 is 1.35. The molecule has 0 radical (unpaired) electrons. The lowest BCUT2D eigenvalue weighted by molar-refractivity contribution is -0.121. The molecular formula is C22H19N3O3S. The van der Waals surface area contributed by atoms with E-state index in [2.05, 4.69) is 16.4 Å². The third-order valence-electron chi connectivity index (χ3n) is 4.80. The Morgan fingerprint density at radius 2 is 1.83 bits per heavy atom. The molecule has 1 N–H and O–H groups in total. The highest BCUT2D eigenvalue weighted by Gasteiger charge is 2.30. The average Bonchev–Trinajstić information content (AvgIpc) is 3.28. The number of benzene rings is 2. The van der Waals surface area contributed by atoms with Gasteiger partial charge in [0.25, 0.3) is 5.91 Å². The Labute approximate surface area is 172 Å². The number of aryl methyl sites for hydroxylation is 2. The molecule has 2 aromatic carbocycles. The molecule has 0 aliphatic carbocycles. The zero-order valence-corrected chi connectivity index (χ0v) is 16.9. The van der Waals surface area contributed by atoms with Gasteiger partial charge in [-0.25, -0.2) is 4.98 Å². The summed E-state index contributed by atoms with van der Waals surface area (Å²) in [6, 6.07) is 12.7. The maximum atomic E-state index is 12.7. The summed E-state index contributed by atoms with van der Waals surface area (Å²) in [7, 11) is 0. The van der Waals surface area contributed by atoms with Crippen LogP contribution in [0.2, 0.25) is 0 Å². The molecule has 0 spiro atoms. The van der Waals surface area contributed by atoms with E-state index >= 15 is 0 Å². The molecule has 1 fully saturated rings. The maximum Gasteiger partial charge on any atom is 0.257 e. The highest BCUT2D eigenvalue weighted by molar-refractivity contribution is 7.14. The van der Waals surface area contributed by atoms with E-state index in [0.717, 1.165) is 21.7 Å². The van der Waals surface area contributed by atoms with Crippen molar-refractivity contribution in [3.05, 3.63) is 64.5 Å². The Bertz CT molecular complexity index is 1120. The van der Waals surface area contributed by atoms with Gasteiger partial charge in [-0.15, -0.1) is 11.3 Å².